The van der Waals surface area contributed by atoms with Crippen LogP contribution >= 0.6 is 0 Å². The largest absolute Gasteiger partial charge is 0.481 e. The molecule has 0 radical (unpaired) electrons. The molecule has 6 atom stereocenters. The number of nitrogens with two attached hydrogens (primary N) is 1. The Morgan fingerprint density at radius 1 is 0.922 bits per heavy atom. The maximum absolute atomic E-state index is 11.7. The lowest BCUT2D eigenvalue weighted by Gasteiger charge is -2.47. The molecule has 0 aromatic heterocycles. The molecule has 0 aromatic rings. The van der Waals surface area contributed by atoms with E-state index in [-0.39, 0.29) is 39.8 Å². The first-order valence-electron chi connectivity index (χ1n) is 20.1. The van der Waals surface area contributed by atoms with Crippen molar-refractivity contribution in [1.82, 2.24) is 4.90 Å². The number of aliphatic carboxylic acids is 1. The average molecular weight is 749 g/mol. The quantitative estimate of drug-likeness (QED) is 0.191. The molecule has 4 N–H and O–H groups in total. The van der Waals surface area contributed by atoms with Crippen LogP contribution in [0.5, 0.6) is 0 Å². The van der Waals surface area contributed by atoms with E-state index < -0.39 is 28.7 Å². The molecule has 10 heteroatoms. The molecule has 1 unspecified atom stereocenters. The minimum Gasteiger partial charge on any atom is -0.481 e. The maximum atomic E-state index is 11.7. The van der Waals surface area contributed by atoms with Gasteiger partial charge in [-0.05, 0) is 131 Å². The SMILES string of the molecule is CC(C)(C)[Si](C)(C)OC[C@H](C(O)CC(=O)O)[C@H]1CC[C@H]2C(=CC=C3CCC[C@H](O[Si](C)(C)C(C)(C)C)C3)CCC[C@]12C.NC(=O)N1CCCCC1. The number of carboxylic acid groups (broad SMARTS) is 1. The molecular formula is C41H76N2O6Si2. The van der Waals surface area contributed by atoms with Crippen LogP contribution in [0.1, 0.15) is 132 Å². The van der Waals surface area contributed by atoms with Gasteiger partial charge in [-0.3, -0.25) is 4.79 Å². The summed E-state index contributed by atoms with van der Waals surface area (Å²) in [5.41, 5.74) is 8.20. The van der Waals surface area contributed by atoms with Crippen LogP contribution in [-0.2, 0) is 13.6 Å². The fraction of sp³-hybridized carbons (Fsp3) is 0.854. The van der Waals surface area contributed by atoms with Crippen molar-refractivity contribution in [1.29, 1.82) is 0 Å². The Balaban J connectivity index is 0.000000676. The second-order valence-corrected chi connectivity index (χ2v) is 29.1. The first kappa shape index (κ1) is 43.9. The lowest BCUT2D eigenvalue weighted by molar-refractivity contribution is -0.141. The number of hydrogen-bond acceptors (Lipinski definition) is 5. The Morgan fingerprint density at radius 3 is 2.10 bits per heavy atom. The van der Waals surface area contributed by atoms with Crippen molar-refractivity contribution in [2.24, 2.45) is 28.9 Å². The molecule has 51 heavy (non-hydrogen) atoms. The number of piperidine rings is 1. The summed E-state index contributed by atoms with van der Waals surface area (Å²) in [4.78, 5) is 23.9. The van der Waals surface area contributed by atoms with E-state index in [1.54, 1.807) is 10.5 Å². The third-order valence-corrected chi connectivity index (χ3v) is 22.9. The fourth-order valence-corrected chi connectivity index (χ4v) is 11.0. The fourth-order valence-electron chi connectivity index (χ4n) is 8.57. The minimum absolute atomic E-state index is 0.0596. The predicted octanol–water partition coefficient (Wildman–Crippen LogP) is 10.0. The smallest absolute Gasteiger partial charge is 0.314 e. The van der Waals surface area contributed by atoms with Crippen LogP contribution in [-0.4, -0.2) is 75.7 Å². The first-order chi connectivity index (χ1) is 23.5. The molecule has 0 spiro atoms. The molecule has 4 rings (SSSR count). The molecule has 1 heterocycles. The second-order valence-electron chi connectivity index (χ2n) is 19.5. The Bertz CT molecular complexity index is 1230. The van der Waals surface area contributed by atoms with Crippen LogP contribution < -0.4 is 5.73 Å². The van der Waals surface area contributed by atoms with Gasteiger partial charge >= 0.3 is 12.0 Å². The van der Waals surface area contributed by atoms with Crippen molar-refractivity contribution >= 4 is 28.6 Å². The molecule has 8 nitrogen and oxygen atoms in total. The highest BCUT2D eigenvalue weighted by molar-refractivity contribution is 6.74. The van der Waals surface area contributed by atoms with Crippen molar-refractivity contribution in [2.75, 3.05) is 19.7 Å². The molecule has 0 aromatic carbocycles. The Hall–Kier alpha value is -1.47. The number of allylic oxidation sites excluding steroid dienone is 3. The topological polar surface area (TPSA) is 122 Å². The summed E-state index contributed by atoms with van der Waals surface area (Å²) >= 11 is 0. The van der Waals surface area contributed by atoms with Gasteiger partial charge in [0.2, 0.25) is 0 Å². The molecule has 3 aliphatic carbocycles. The molecule has 3 saturated carbocycles. The molecule has 1 saturated heterocycles. The molecule has 4 aliphatic rings. The number of aliphatic hydroxyl groups is 1. The van der Waals surface area contributed by atoms with E-state index >= 15 is 0 Å². The zero-order valence-electron chi connectivity index (χ0n) is 34.4. The van der Waals surface area contributed by atoms with Crippen LogP contribution in [0, 0.1) is 23.2 Å². The second kappa shape index (κ2) is 17.8. The molecule has 0 bridgehead atoms. The molecule has 294 valence electrons. The van der Waals surface area contributed by atoms with Crippen molar-refractivity contribution in [2.45, 2.75) is 180 Å². The number of fused-ring (bicyclic) bond motifs is 1. The third kappa shape index (κ3) is 11.8. The third-order valence-electron chi connectivity index (χ3n) is 13.9. The Kier molecular flexibility index (Phi) is 15.3. The van der Waals surface area contributed by atoms with Crippen LogP contribution in [0.15, 0.2) is 23.3 Å². The Morgan fingerprint density at radius 2 is 1.55 bits per heavy atom. The number of carbonyl (C=O) groups is 2. The number of carboxylic acids is 1. The van der Waals surface area contributed by atoms with Gasteiger partial charge in [-0.2, -0.15) is 0 Å². The van der Waals surface area contributed by atoms with Crippen molar-refractivity contribution in [3.63, 3.8) is 0 Å². The van der Waals surface area contributed by atoms with E-state index in [1.807, 2.05) is 0 Å². The van der Waals surface area contributed by atoms with Crippen LogP contribution in [0.2, 0.25) is 36.3 Å². The number of hydrogen-bond donors (Lipinski definition) is 3. The van der Waals surface area contributed by atoms with E-state index in [4.69, 9.17) is 14.6 Å². The van der Waals surface area contributed by atoms with Crippen molar-refractivity contribution in [3.05, 3.63) is 23.3 Å². The standard InChI is InChI=1S/C35H64O5Si2.C6H12N2O/c1-33(2,3)41(8,9)39-24-28(31(36)23-32(37)38)30-20-19-29-26(15-13-21-35(29,30)7)18-17-25-14-12-16-27(22-25)40-42(10,11)34(4,5)6;7-6(9)8-4-2-1-3-5-8/h17-18,27-31,36H,12-16,19-24H2,1-11H3,(H,37,38);1-5H2,(H2,7,9)/t27-,28-,29-,30+,31?,35-;/m0./s1. The number of carbonyl (C=O) groups excluding carboxylic acids is 1. The summed E-state index contributed by atoms with van der Waals surface area (Å²) in [5.74, 6) is -0.341. The highest BCUT2D eigenvalue weighted by Crippen LogP contribution is 2.60. The molecular weight excluding hydrogens is 673 g/mol. The van der Waals surface area contributed by atoms with Crippen LogP contribution in [0.25, 0.3) is 0 Å². The number of aliphatic hydroxyl groups excluding tert-OH is 1. The summed E-state index contributed by atoms with van der Waals surface area (Å²) in [6.07, 6.45) is 17.7. The number of likely N-dealkylation sites (tertiary alicyclic amines) is 1. The summed E-state index contributed by atoms with van der Waals surface area (Å²) < 4.78 is 13.5. The number of rotatable bonds is 10. The lowest BCUT2D eigenvalue weighted by atomic mass is 9.60. The van der Waals surface area contributed by atoms with Gasteiger partial charge in [0.05, 0.1) is 12.5 Å². The van der Waals surface area contributed by atoms with Gasteiger partial charge in [0.1, 0.15) is 0 Å². The van der Waals surface area contributed by atoms with E-state index in [0.717, 1.165) is 64.5 Å². The Labute approximate surface area is 313 Å². The van der Waals surface area contributed by atoms with E-state index in [9.17, 15) is 19.8 Å². The number of amides is 2. The minimum atomic E-state index is -2.03. The zero-order chi connectivity index (χ0) is 38.4. The number of urea groups is 1. The van der Waals surface area contributed by atoms with Gasteiger partial charge in [0.15, 0.2) is 16.6 Å². The van der Waals surface area contributed by atoms with Crippen LogP contribution in [0.4, 0.5) is 4.79 Å². The van der Waals surface area contributed by atoms with Gasteiger partial charge in [-0.25, -0.2) is 4.79 Å². The van der Waals surface area contributed by atoms with Crippen LogP contribution in [0.3, 0.4) is 0 Å². The predicted molar refractivity (Wildman–Crippen MR) is 215 cm³/mol. The molecule has 2 amide bonds. The van der Waals surface area contributed by atoms with Crippen molar-refractivity contribution < 1.29 is 28.7 Å². The van der Waals surface area contributed by atoms with Gasteiger partial charge in [-0.1, -0.05) is 71.8 Å². The highest BCUT2D eigenvalue weighted by atomic mass is 28.4. The molecule has 1 aliphatic heterocycles. The number of primary amides is 1. The normalized spacial score (nSPS) is 29.3. The van der Waals surface area contributed by atoms with Gasteiger partial charge in [-0.15, -0.1) is 0 Å². The van der Waals surface area contributed by atoms with E-state index in [0.29, 0.717) is 18.6 Å². The molecule has 4 fully saturated rings. The lowest BCUT2D eigenvalue weighted by Crippen LogP contribution is -2.47. The van der Waals surface area contributed by atoms with Crippen molar-refractivity contribution in [3.8, 4) is 0 Å². The monoisotopic (exact) mass is 749 g/mol. The summed E-state index contributed by atoms with van der Waals surface area (Å²) in [5, 5.41) is 21.1. The summed E-state index contributed by atoms with van der Waals surface area (Å²) in [6.45, 7) is 27.5. The average Bonchev–Trinajstić information content (AvgIpc) is 3.36. The maximum Gasteiger partial charge on any atom is 0.314 e. The highest BCUT2D eigenvalue weighted by Gasteiger charge is 2.53. The van der Waals surface area contributed by atoms with E-state index in [2.05, 4.69) is 86.8 Å². The van der Waals surface area contributed by atoms with Gasteiger partial charge in [0, 0.05) is 31.7 Å². The van der Waals surface area contributed by atoms with Gasteiger partial charge < -0.3 is 29.7 Å². The van der Waals surface area contributed by atoms with E-state index in [1.165, 1.54) is 31.3 Å². The zero-order valence-corrected chi connectivity index (χ0v) is 36.4. The van der Waals surface area contributed by atoms with Gasteiger partial charge in [0.25, 0.3) is 0 Å². The first-order valence-corrected chi connectivity index (χ1v) is 25.9. The number of nitrogens with zero attached hydrogens (tertiary/aromatic N) is 1. The summed E-state index contributed by atoms with van der Waals surface area (Å²) in [7, 11) is -3.81. The summed E-state index contributed by atoms with van der Waals surface area (Å²) in [6, 6.07) is -0.269.